The Morgan fingerprint density at radius 3 is 2.61 bits per heavy atom. The summed E-state index contributed by atoms with van der Waals surface area (Å²) in [6.45, 7) is 9.13. The third-order valence-electron chi connectivity index (χ3n) is 5.42. The zero-order valence-electron chi connectivity index (χ0n) is 16.9. The highest BCUT2D eigenvalue weighted by Gasteiger charge is 2.30. The van der Waals surface area contributed by atoms with Crippen LogP contribution in [0.2, 0.25) is 0 Å². The lowest BCUT2D eigenvalue weighted by Crippen LogP contribution is -2.08. The smallest absolute Gasteiger partial charge is 0.191 e. The van der Waals surface area contributed by atoms with Gasteiger partial charge in [-0.05, 0) is 58.2 Å². The van der Waals surface area contributed by atoms with Crippen LogP contribution in [0.1, 0.15) is 58.8 Å². The van der Waals surface area contributed by atoms with Crippen molar-refractivity contribution in [2.75, 3.05) is 5.75 Å². The molecule has 0 radical (unpaired) electrons. The summed E-state index contributed by atoms with van der Waals surface area (Å²) in [5.74, 6) is 2.15. The van der Waals surface area contributed by atoms with Crippen LogP contribution in [-0.4, -0.2) is 30.9 Å². The van der Waals surface area contributed by atoms with Crippen LogP contribution in [0.15, 0.2) is 35.5 Å². The van der Waals surface area contributed by atoms with Gasteiger partial charge in [-0.1, -0.05) is 30.0 Å². The number of Topliss-reactive ketones (excluding diaryl/α,β-unsaturated/α-hetero) is 1. The summed E-state index contributed by atoms with van der Waals surface area (Å²) in [7, 11) is 0. The molecule has 3 aromatic rings. The summed E-state index contributed by atoms with van der Waals surface area (Å²) in [4.78, 5) is 13.0. The zero-order chi connectivity index (χ0) is 19.8. The Balaban J connectivity index is 1.55. The molecule has 146 valence electrons. The number of aromatic nitrogens is 4. The van der Waals surface area contributed by atoms with E-state index in [4.69, 9.17) is 0 Å². The maximum atomic E-state index is 13.0. The number of para-hydroxylation sites is 1. The predicted octanol–water partition coefficient (Wildman–Crippen LogP) is 4.87. The van der Waals surface area contributed by atoms with Crippen molar-refractivity contribution in [2.24, 2.45) is 0 Å². The minimum Gasteiger partial charge on any atom is -0.318 e. The highest BCUT2D eigenvalue weighted by atomic mass is 32.2. The van der Waals surface area contributed by atoms with E-state index in [9.17, 15) is 4.79 Å². The number of carbonyl (C=O) groups excluding carboxylic acids is 1. The molecule has 0 spiro atoms. The van der Waals surface area contributed by atoms with Gasteiger partial charge in [0, 0.05) is 35.1 Å². The fourth-order valence-corrected chi connectivity index (χ4v) is 4.68. The van der Waals surface area contributed by atoms with E-state index < -0.39 is 0 Å². The fraction of sp³-hybridized carbons (Fsp3) is 0.409. The molecule has 2 heterocycles. The van der Waals surface area contributed by atoms with Gasteiger partial charge < -0.3 is 9.13 Å². The molecule has 28 heavy (non-hydrogen) atoms. The molecule has 0 bridgehead atoms. The van der Waals surface area contributed by atoms with Crippen LogP contribution in [0.3, 0.4) is 0 Å². The number of hydrogen-bond donors (Lipinski definition) is 0. The Morgan fingerprint density at radius 1 is 1.18 bits per heavy atom. The van der Waals surface area contributed by atoms with Crippen molar-refractivity contribution in [3.05, 3.63) is 58.7 Å². The van der Waals surface area contributed by atoms with Crippen LogP contribution < -0.4 is 0 Å². The first-order valence-electron chi connectivity index (χ1n) is 9.85. The van der Waals surface area contributed by atoms with Gasteiger partial charge in [-0.25, -0.2) is 0 Å². The molecule has 1 aromatic carbocycles. The van der Waals surface area contributed by atoms with Gasteiger partial charge in [-0.15, -0.1) is 10.2 Å². The number of benzene rings is 1. The van der Waals surface area contributed by atoms with Gasteiger partial charge in [0.1, 0.15) is 5.82 Å². The van der Waals surface area contributed by atoms with E-state index in [2.05, 4.69) is 52.2 Å². The molecule has 0 saturated heterocycles. The van der Waals surface area contributed by atoms with Crippen molar-refractivity contribution in [3.8, 4) is 5.69 Å². The van der Waals surface area contributed by atoms with Crippen molar-refractivity contribution >= 4 is 17.5 Å². The maximum Gasteiger partial charge on any atom is 0.191 e. The summed E-state index contributed by atoms with van der Waals surface area (Å²) in [6, 6.07) is 10.3. The van der Waals surface area contributed by atoms with Crippen molar-refractivity contribution in [3.63, 3.8) is 0 Å². The lowest BCUT2D eigenvalue weighted by atomic mass is 10.1. The van der Waals surface area contributed by atoms with Crippen molar-refractivity contribution in [2.45, 2.75) is 58.2 Å². The summed E-state index contributed by atoms with van der Waals surface area (Å²) in [5.41, 5.74) is 5.18. The van der Waals surface area contributed by atoms with E-state index in [1.165, 1.54) is 30.2 Å². The highest BCUT2D eigenvalue weighted by molar-refractivity contribution is 7.99. The average Bonchev–Trinajstić information content (AvgIpc) is 3.38. The van der Waals surface area contributed by atoms with Crippen LogP contribution in [0.5, 0.6) is 0 Å². The van der Waals surface area contributed by atoms with Gasteiger partial charge in [0.05, 0.1) is 5.75 Å². The van der Waals surface area contributed by atoms with E-state index in [0.717, 1.165) is 40.2 Å². The van der Waals surface area contributed by atoms with Crippen LogP contribution in [0.25, 0.3) is 5.69 Å². The van der Waals surface area contributed by atoms with Crippen LogP contribution in [0.4, 0.5) is 0 Å². The number of nitrogens with zero attached hydrogens (tertiary/aromatic N) is 4. The number of ketones is 1. The molecule has 0 amide bonds. The van der Waals surface area contributed by atoms with Crippen molar-refractivity contribution in [1.82, 2.24) is 19.3 Å². The van der Waals surface area contributed by atoms with E-state index in [-0.39, 0.29) is 5.78 Å². The fourth-order valence-electron chi connectivity index (χ4n) is 3.79. The monoisotopic (exact) mass is 394 g/mol. The molecule has 5 nitrogen and oxygen atoms in total. The Bertz CT molecular complexity index is 1030. The van der Waals surface area contributed by atoms with Gasteiger partial charge in [0.25, 0.3) is 0 Å². The molecule has 0 aliphatic heterocycles. The summed E-state index contributed by atoms with van der Waals surface area (Å²) in [5, 5.41) is 9.55. The molecule has 0 unspecified atom stereocenters. The average molecular weight is 395 g/mol. The Morgan fingerprint density at radius 2 is 1.93 bits per heavy atom. The normalized spacial score (nSPS) is 13.9. The minimum absolute atomic E-state index is 0.136. The standard InChI is InChI=1S/C22H26N4OS/c1-5-25-21(17-10-11-17)23-24-22(25)28-13-20(27)18-12-15(3)26(16(18)4)19-9-7-6-8-14(19)2/h6-9,12,17H,5,10-11,13H2,1-4H3. The Kier molecular flexibility index (Phi) is 5.15. The minimum atomic E-state index is 0.136. The number of hydrogen-bond acceptors (Lipinski definition) is 4. The Hall–Kier alpha value is -2.34. The van der Waals surface area contributed by atoms with E-state index in [0.29, 0.717) is 11.7 Å². The van der Waals surface area contributed by atoms with Gasteiger partial charge in [-0.3, -0.25) is 4.79 Å². The molecular weight excluding hydrogens is 368 g/mol. The first kappa shape index (κ1) is 19.0. The SMILES string of the molecule is CCn1c(SCC(=O)c2cc(C)n(-c3ccccc3C)c2C)nnc1C1CC1. The van der Waals surface area contributed by atoms with E-state index in [1.807, 2.05) is 25.1 Å². The lowest BCUT2D eigenvalue weighted by molar-refractivity contribution is 0.102. The number of aryl methyl sites for hydroxylation is 2. The molecule has 6 heteroatoms. The molecule has 1 fully saturated rings. The summed E-state index contributed by atoms with van der Waals surface area (Å²) in [6.07, 6.45) is 2.40. The summed E-state index contributed by atoms with van der Waals surface area (Å²) >= 11 is 1.49. The second kappa shape index (κ2) is 7.59. The van der Waals surface area contributed by atoms with Gasteiger partial charge in [0.15, 0.2) is 10.9 Å². The summed E-state index contributed by atoms with van der Waals surface area (Å²) < 4.78 is 4.33. The van der Waals surface area contributed by atoms with Crippen LogP contribution in [-0.2, 0) is 6.54 Å². The molecule has 1 aliphatic carbocycles. The van der Waals surface area contributed by atoms with Crippen LogP contribution in [0, 0.1) is 20.8 Å². The van der Waals surface area contributed by atoms with E-state index in [1.54, 1.807) is 0 Å². The Labute approximate surface area is 170 Å². The quantitative estimate of drug-likeness (QED) is 0.424. The second-order valence-corrected chi connectivity index (χ2v) is 8.42. The second-order valence-electron chi connectivity index (χ2n) is 7.48. The van der Waals surface area contributed by atoms with Gasteiger partial charge >= 0.3 is 0 Å². The molecule has 0 N–H and O–H groups in total. The number of thioether (sulfide) groups is 1. The largest absolute Gasteiger partial charge is 0.318 e. The number of rotatable bonds is 7. The van der Waals surface area contributed by atoms with Crippen LogP contribution >= 0.6 is 11.8 Å². The third-order valence-corrected chi connectivity index (χ3v) is 6.39. The molecular formula is C22H26N4OS. The first-order chi connectivity index (χ1) is 13.5. The molecule has 0 atom stereocenters. The molecule has 2 aromatic heterocycles. The zero-order valence-corrected chi connectivity index (χ0v) is 17.7. The van der Waals surface area contributed by atoms with Gasteiger partial charge in [0.2, 0.25) is 0 Å². The molecule has 4 rings (SSSR count). The van der Waals surface area contributed by atoms with Crippen molar-refractivity contribution in [1.29, 1.82) is 0 Å². The van der Waals surface area contributed by atoms with E-state index >= 15 is 0 Å². The topological polar surface area (TPSA) is 52.7 Å². The third kappa shape index (κ3) is 3.41. The molecule has 1 saturated carbocycles. The lowest BCUT2D eigenvalue weighted by Gasteiger charge is -2.12. The first-order valence-corrected chi connectivity index (χ1v) is 10.8. The maximum absolute atomic E-state index is 13.0. The molecule has 1 aliphatic rings. The van der Waals surface area contributed by atoms with Gasteiger partial charge in [-0.2, -0.15) is 0 Å². The highest BCUT2D eigenvalue weighted by Crippen LogP contribution is 2.40. The van der Waals surface area contributed by atoms with Crippen molar-refractivity contribution < 1.29 is 4.79 Å². The predicted molar refractivity (Wildman–Crippen MR) is 113 cm³/mol. The number of carbonyl (C=O) groups is 1.